The highest BCUT2D eigenvalue weighted by atomic mass is 31.2. The number of rotatable bonds is 17. The fourth-order valence-electron chi connectivity index (χ4n) is 6.06. The second kappa shape index (κ2) is 15.4. The zero-order chi connectivity index (χ0) is 24.9. The lowest BCUT2D eigenvalue weighted by atomic mass is 10.3. The zero-order valence-corrected chi connectivity index (χ0v) is 25.1. The average Bonchev–Trinajstić information content (AvgIpc) is 2.89. The number of benzene rings is 2. The van der Waals surface area contributed by atoms with Gasteiger partial charge in [-0.25, -0.2) is 0 Å². The lowest BCUT2D eigenvalue weighted by Crippen LogP contribution is -2.39. The van der Waals surface area contributed by atoms with Crippen LogP contribution >= 0.6 is 14.5 Å². The van der Waals surface area contributed by atoms with Gasteiger partial charge >= 0.3 is 0 Å². The van der Waals surface area contributed by atoms with Gasteiger partial charge in [-0.2, -0.15) is 0 Å². The Morgan fingerprint density at radius 1 is 0.471 bits per heavy atom. The summed E-state index contributed by atoms with van der Waals surface area (Å²) in [5.74, 6) is 0. The molecule has 2 aromatic rings. The summed E-state index contributed by atoms with van der Waals surface area (Å²) in [5, 5.41) is 3.43. The van der Waals surface area contributed by atoms with Crippen molar-refractivity contribution in [1.82, 2.24) is 0 Å². The molecule has 190 valence electrons. The van der Waals surface area contributed by atoms with E-state index in [-0.39, 0.29) is 0 Å². The Labute approximate surface area is 214 Å². The van der Waals surface area contributed by atoms with E-state index >= 15 is 0 Å². The number of unbranched alkanes of at least 4 members (excludes halogenated alkanes) is 4. The predicted octanol–water partition coefficient (Wildman–Crippen LogP) is 9.65. The molecule has 2 atom stereocenters. The largest absolute Gasteiger partial charge is 0.108 e. The van der Waals surface area contributed by atoms with Gasteiger partial charge in [0.05, 0.1) is 49.8 Å². The van der Waals surface area contributed by atoms with E-state index in [1.165, 1.54) is 76.0 Å². The van der Waals surface area contributed by atoms with Gasteiger partial charge in [0.15, 0.2) is 0 Å². The Morgan fingerprint density at radius 3 is 0.971 bits per heavy atom. The minimum atomic E-state index is -1.28. The summed E-state index contributed by atoms with van der Waals surface area (Å²) in [5.41, 5.74) is 1.57. The quantitative estimate of drug-likeness (QED) is 0.190. The standard InChI is InChI=1S/C32H54P2/c1-7-11-25-33(26-12-8-2,31-21-17-15-18-22-31)29(5)30(6)34(27-13-9-3,28-14-10-4)32-23-19-16-20-24-32/h15-24,29-30H,7-14,25-28H2,1-6H3/q+2. The summed E-state index contributed by atoms with van der Waals surface area (Å²) in [6, 6.07) is 23.7. The Bertz CT molecular complexity index is 687. The topological polar surface area (TPSA) is 0 Å². The van der Waals surface area contributed by atoms with Crippen molar-refractivity contribution >= 4 is 25.1 Å². The van der Waals surface area contributed by atoms with Gasteiger partial charge in [0, 0.05) is 0 Å². The van der Waals surface area contributed by atoms with Crippen LogP contribution in [0.25, 0.3) is 0 Å². The molecule has 0 saturated carbocycles. The molecule has 2 heteroatoms. The third kappa shape index (κ3) is 7.17. The van der Waals surface area contributed by atoms with Gasteiger partial charge in [0.1, 0.15) is 11.3 Å². The summed E-state index contributed by atoms with van der Waals surface area (Å²) in [6.07, 6.45) is 16.5. The molecule has 0 nitrogen and oxygen atoms in total. The van der Waals surface area contributed by atoms with Gasteiger partial charge < -0.3 is 0 Å². The second-order valence-electron chi connectivity index (χ2n) is 10.5. The first-order valence-electron chi connectivity index (χ1n) is 14.4. The highest BCUT2D eigenvalue weighted by Gasteiger charge is 2.56. The van der Waals surface area contributed by atoms with Crippen LogP contribution in [-0.2, 0) is 0 Å². The first-order valence-corrected chi connectivity index (χ1v) is 18.8. The fraction of sp³-hybridized carbons (Fsp3) is 0.625. The summed E-state index contributed by atoms with van der Waals surface area (Å²) in [4.78, 5) is 0. The number of hydrogen-bond acceptors (Lipinski definition) is 0. The van der Waals surface area contributed by atoms with Crippen molar-refractivity contribution in [2.75, 3.05) is 24.6 Å². The zero-order valence-electron chi connectivity index (χ0n) is 23.3. The first-order chi connectivity index (χ1) is 16.5. The van der Waals surface area contributed by atoms with Crippen molar-refractivity contribution in [3.8, 4) is 0 Å². The van der Waals surface area contributed by atoms with Gasteiger partial charge in [-0.1, -0.05) is 89.8 Å². The Balaban J connectivity index is 2.64. The summed E-state index contributed by atoms with van der Waals surface area (Å²) in [7, 11) is -2.56. The predicted molar refractivity (Wildman–Crippen MR) is 164 cm³/mol. The van der Waals surface area contributed by atoms with Crippen LogP contribution in [0.15, 0.2) is 60.7 Å². The van der Waals surface area contributed by atoms with Crippen molar-refractivity contribution in [3.63, 3.8) is 0 Å². The Morgan fingerprint density at radius 2 is 0.735 bits per heavy atom. The van der Waals surface area contributed by atoms with Crippen molar-refractivity contribution in [1.29, 1.82) is 0 Å². The molecule has 2 aromatic carbocycles. The molecule has 0 fully saturated rings. The van der Waals surface area contributed by atoms with E-state index in [9.17, 15) is 0 Å². The maximum absolute atomic E-state index is 2.70. The van der Waals surface area contributed by atoms with E-state index < -0.39 is 14.5 Å². The normalized spacial score (nSPS) is 14.2. The van der Waals surface area contributed by atoms with E-state index in [0.717, 1.165) is 11.3 Å². The molecule has 0 aliphatic heterocycles. The molecular formula is C32H54P2+2. The molecule has 0 radical (unpaired) electrons. The molecule has 34 heavy (non-hydrogen) atoms. The highest BCUT2D eigenvalue weighted by molar-refractivity contribution is 7.87. The number of hydrogen-bond donors (Lipinski definition) is 0. The molecule has 0 heterocycles. The Kier molecular flexibility index (Phi) is 13.4. The molecule has 0 amide bonds. The molecule has 0 bridgehead atoms. The minimum absolute atomic E-state index is 0.787. The van der Waals surface area contributed by atoms with Crippen LogP contribution in [0.3, 0.4) is 0 Å². The maximum atomic E-state index is 2.70. The Hall–Kier alpha value is -0.700. The monoisotopic (exact) mass is 500 g/mol. The second-order valence-corrected chi connectivity index (χ2v) is 19.1. The van der Waals surface area contributed by atoms with E-state index in [2.05, 4.69) is 102 Å². The van der Waals surface area contributed by atoms with Crippen LogP contribution in [0.4, 0.5) is 0 Å². The molecule has 0 aromatic heterocycles. The van der Waals surface area contributed by atoms with Gasteiger partial charge in [-0.05, 0) is 63.8 Å². The molecule has 2 rings (SSSR count). The van der Waals surface area contributed by atoms with Crippen molar-refractivity contribution in [2.45, 2.75) is 104 Å². The van der Waals surface area contributed by atoms with Gasteiger partial charge in [0.25, 0.3) is 0 Å². The smallest absolute Gasteiger partial charge is 0.0652 e. The maximum Gasteiger partial charge on any atom is 0.108 e. The third-order valence-electron chi connectivity index (χ3n) is 8.44. The highest BCUT2D eigenvalue weighted by Crippen LogP contribution is 2.72. The molecular weight excluding hydrogens is 446 g/mol. The molecule has 0 spiro atoms. The van der Waals surface area contributed by atoms with Crippen LogP contribution in [0.1, 0.15) is 92.9 Å². The van der Waals surface area contributed by atoms with Crippen LogP contribution in [0, 0.1) is 0 Å². The van der Waals surface area contributed by atoms with E-state index in [1.54, 1.807) is 10.6 Å². The van der Waals surface area contributed by atoms with Crippen LogP contribution in [0.5, 0.6) is 0 Å². The van der Waals surface area contributed by atoms with E-state index in [0.29, 0.717) is 0 Å². The SMILES string of the molecule is CCCC[P+](CCCC)(c1ccccc1)C(C)C(C)[P+](CCCC)(CCCC)c1ccccc1. The summed E-state index contributed by atoms with van der Waals surface area (Å²) < 4.78 is 0. The minimum Gasteiger partial charge on any atom is -0.0652 e. The van der Waals surface area contributed by atoms with E-state index in [1.807, 2.05) is 0 Å². The van der Waals surface area contributed by atoms with Gasteiger partial charge in [-0.15, -0.1) is 0 Å². The van der Waals surface area contributed by atoms with Crippen LogP contribution in [0.2, 0.25) is 0 Å². The molecule has 0 aliphatic rings. The fourth-order valence-corrected chi connectivity index (χ4v) is 18.3. The molecule has 0 aliphatic carbocycles. The lowest BCUT2D eigenvalue weighted by molar-refractivity contribution is 0.802. The third-order valence-corrected chi connectivity index (χ3v) is 19.8. The van der Waals surface area contributed by atoms with Gasteiger partial charge in [0.2, 0.25) is 0 Å². The molecule has 0 saturated heterocycles. The summed E-state index contributed by atoms with van der Waals surface area (Å²) >= 11 is 0. The van der Waals surface area contributed by atoms with E-state index in [4.69, 9.17) is 0 Å². The lowest BCUT2D eigenvalue weighted by Gasteiger charge is -2.41. The van der Waals surface area contributed by atoms with Crippen LogP contribution < -0.4 is 10.6 Å². The average molecular weight is 501 g/mol. The van der Waals surface area contributed by atoms with Gasteiger partial charge in [-0.3, -0.25) is 0 Å². The molecule has 0 N–H and O–H groups in total. The van der Waals surface area contributed by atoms with Crippen LogP contribution in [-0.4, -0.2) is 36.0 Å². The van der Waals surface area contributed by atoms with Crippen molar-refractivity contribution in [2.24, 2.45) is 0 Å². The molecule has 2 unspecified atom stereocenters. The summed E-state index contributed by atoms with van der Waals surface area (Å²) in [6.45, 7) is 14.9. The van der Waals surface area contributed by atoms with Crippen molar-refractivity contribution in [3.05, 3.63) is 60.7 Å². The first kappa shape index (κ1) is 29.5. The van der Waals surface area contributed by atoms with Crippen molar-refractivity contribution < 1.29 is 0 Å².